The van der Waals surface area contributed by atoms with Crippen molar-refractivity contribution in [2.24, 2.45) is 5.73 Å². The van der Waals surface area contributed by atoms with Crippen LogP contribution in [0.25, 0.3) is 0 Å². The Labute approximate surface area is 113 Å². The lowest BCUT2D eigenvalue weighted by atomic mass is 9.82. The van der Waals surface area contributed by atoms with Gasteiger partial charge < -0.3 is 15.6 Å². The van der Waals surface area contributed by atoms with Gasteiger partial charge in [0.1, 0.15) is 11.3 Å². The number of amides is 1. The molecule has 106 valence electrons. The highest BCUT2D eigenvalue weighted by Crippen LogP contribution is 2.25. The molecule has 0 saturated heterocycles. The molecule has 5 nitrogen and oxygen atoms in total. The number of aryl methyl sites for hydroxylation is 2. The van der Waals surface area contributed by atoms with Gasteiger partial charge in [-0.2, -0.15) is 0 Å². The standard InChI is InChI=1S/C14H23N3O2/c1-3-11-12(10(2)17-19-11)13(18)16-9-14(15)7-5-4-6-8-14/h3-9,15H2,1-2H3,(H,16,18). The molecule has 1 heterocycles. The number of carbonyl (C=O) groups excluding carboxylic acids is 1. The SMILES string of the molecule is CCc1onc(C)c1C(=O)NCC1(N)CCCCC1. The van der Waals surface area contributed by atoms with Gasteiger partial charge in [-0.05, 0) is 19.8 Å². The molecule has 3 N–H and O–H groups in total. The molecule has 1 fully saturated rings. The predicted octanol–water partition coefficient (Wildman–Crippen LogP) is 1.94. The zero-order chi connectivity index (χ0) is 13.9. The quantitative estimate of drug-likeness (QED) is 0.871. The van der Waals surface area contributed by atoms with E-state index in [2.05, 4.69) is 10.5 Å². The topological polar surface area (TPSA) is 81.2 Å². The maximum atomic E-state index is 12.2. The Balaban J connectivity index is 1.99. The Morgan fingerprint density at radius 3 is 2.74 bits per heavy atom. The third-order valence-electron chi connectivity index (χ3n) is 3.93. The molecule has 1 saturated carbocycles. The highest BCUT2D eigenvalue weighted by atomic mass is 16.5. The van der Waals surface area contributed by atoms with E-state index >= 15 is 0 Å². The third kappa shape index (κ3) is 3.15. The van der Waals surface area contributed by atoms with Crippen molar-refractivity contribution in [1.82, 2.24) is 10.5 Å². The van der Waals surface area contributed by atoms with Gasteiger partial charge in [0.15, 0.2) is 0 Å². The number of rotatable bonds is 4. The van der Waals surface area contributed by atoms with Crippen LogP contribution in [0.15, 0.2) is 4.52 Å². The second-order valence-electron chi connectivity index (χ2n) is 5.53. The highest BCUT2D eigenvalue weighted by molar-refractivity contribution is 5.96. The van der Waals surface area contributed by atoms with E-state index in [9.17, 15) is 4.79 Å². The van der Waals surface area contributed by atoms with Crippen molar-refractivity contribution in [3.63, 3.8) is 0 Å². The summed E-state index contributed by atoms with van der Waals surface area (Å²) in [7, 11) is 0. The van der Waals surface area contributed by atoms with Crippen LogP contribution in [0.5, 0.6) is 0 Å². The summed E-state index contributed by atoms with van der Waals surface area (Å²) in [5, 5.41) is 6.80. The predicted molar refractivity (Wildman–Crippen MR) is 73.0 cm³/mol. The second kappa shape index (κ2) is 5.74. The van der Waals surface area contributed by atoms with E-state index in [1.54, 1.807) is 6.92 Å². The molecule has 1 aliphatic rings. The van der Waals surface area contributed by atoms with Gasteiger partial charge in [-0.15, -0.1) is 0 Å². The van der Waals surface area contributed by atoms with Gasteiger partial charge in [0.2, 0.25) is 0 Å². The molecule has 1 aromatic heterocycles. The maximum absolute atomic E-state index is 12.2. The van der Waals surface area contributed by atoms with Crippen LogP contribution < -0.4 is 11.1 Å². The zero-order valence-electron chi connectivity index (χ0n) is 11.8. The number of carbonyl (C=O) groups is 1. The molecular formula is C14H23N3O2. The van der Waals surface area contributed by atoms with Crippen molar-refractivity contribution >= 4 is 5.91 Å². The van der Waals surface area contributed by atoms with E-state index in [0.717, 1.165) is 25.7 Å². The lowest BCUT2D eigenvalue weighted by Crippen LogP contribution is -2.51. The van der Waals surface area contributed by atoms with Gasteiger partial charge in [0.05, 0.1) is 5.69 Å². The van der Waals surface area contributed by atoms with Crippen LogP contribution in [-0.2, 0) is 6.42 Å². The van der Waals surface area contributed by atoms with Crippen LogP contribution in [0.3, 0.4) is 0 Å². The van der Waals surface area contributed by atoms with Crippen LogP contribution in [0, 0.1) is 6.92 Å². The molecule has 1 aromatic rings. The summed E-state index contributed by atoms with van der Waals surface area (Å²) in [5.74, 6) is 0.524. The average molecular weight is 265 g/mol. The minimum atomic E-state index is -0.245. The second-order valence-corrected chi connectivity index (χ2v) is 5.53. The van der Waals surface area contributed by atoms with Crippen LogP contribution >= 0.6 is 0 Å². The summed E-state index contributed by atoms with van der Waals surface area (Å²) < 4.78 is 5.14. The Morgan fingerprint density at radius 1 is 1.42 bits per heavy atom. The Bertz CT molecular complexity index is 448. The first-order valence-electron chi connectivity index (χ1n) is 7.08. The van der Waals surface area contributed by atoms with Gasteiger partial charge in [0.25, 0.3) is 5.91 Å². The van der Waals surface area contributed by atoms with Gasteiger partial charge in [-0.3, -0.25) is 4.79 Å². The van der Waals surface area contributed by atoms with Crippen LogP contribution in [0.4, 0.5) is 0 Å². The molecule has 0 bridgehead atoms. The number of nitrogens with one attached hydrogen (secondary N) is 1. The van der Waals surface area contributed by atoms with Crippen LogP contribution in [0.2, 0.25) is 0 Å². The van der Waals surface area contributed by atoms with Gasteiger partial charge in [0, 0.05) is 18.5 Å². The lowest BCUT2D eigenvalue weighted by molar-refractivity contribution is 0.0935. The molecule has 0 aromatic carbocycles. The Morgan fingerprint density at radius 2 is 2.11 bits per heavy atom. The molecule has 1 amide bonds. The van der Waals surface area contributed by atoms with E-state index < -0.39 is 0 Å². The molecule has 1 aliphatic carbocycles. The van der Waals surface area contributed by atoms with E-state index in [0.29, 0.717) is 30.0 Å². The van der Waals surface area contributed by atoms with Crippen molar-refractivity contribution in [3.8, 4) is 0 Å². The summed E-state index contributed by atoms with van der Waals surface area (Å²) in [6.45, 7) is 4.26. The molecule has 2 rings (SSSR count). The molecule has 0 aliphatic heterocycles. The summed E-state index contributed by atoms with van der Waals surface area (Å²) in [6.07, 6.45) is 6.18. The van der Waals surface area contributed by atoms with E-state index in [-0.39, 0.29) is 11.4 Å². The molecule has 0 unspecified atom stereocenters. The van der Waals surface area contributed by atoms with E-state index in [1.165, 1.54) is 6.42 Å². The Hall–Kier alpha value is -1.36. The molecule has 0 atom stereocenters. The largest absolute Gasteiger partial charge is 0.360 e. The summed E-state index contributed by atoms with van der Waals surface area (Å²) in [5.41, 5.74) is 7.28. The van der Waals surface area contributed by atoms with Crippen molar-refractivity contribution in [2.75, 3.05) is 6.54 Å². The zero-order valence-corrected chi connectivity index (χ0v) is 11.8. The minimum Gasteiger partial charge on any atom is -0.360 e. The van der Waals surface area contributed by atoms with Gasteiger partial charge >= 0.3 is 0 Å². The third-order valence-corrected chi connectivity index (χ3v) is 3.93. The maximum Gasteiger partial charge on any atom is 0.256 e. The lowest BCUT2D eigenvalue weighted by Gasteiger charge is -2.33. The molecule has 5 heteroatoms. The van der Waals surface area contributed by atoms with Crippen molar-refractivity contribution < 1.29 is 9.32 Å². The average Bonchev–Trinajstić information content (AvgIpc) is 2.78. The number of nitrogens with two attached hydrogens (primary N) is 1. The van der Waals surface area contributed by atoms with Crippen LogP contribution in [0.1, 0.15) is 60.8 Å². The van der Waals surface area contributed by atoms with E-state index in [1.807, 2.05) is 6.92 Å². The van der Waals surface area contributed by atoms with Gasteiger partial charge in [-0.25, -0.2) is 0 Å². The number of hydrogen-bond donors (Lipinski definition) is 2. The smallest absolute Gasteiger partial charge is 0.256 e. The van der Waals surface area contributed by atoms with Crippen molar-refractivity contribution in [3.05, 3.63) is 17.0 Å². The first-order chi connectivity index (χ1) is 9.06. The summed E-state index contributed by atoms with van der Waals surface area (Å²) in [6, 6.07) is 0. The molecule has 0 radical (unpaired) electrons. The van der Waals surface area contributed by atoms with E-state index in [4.69, 9.17) is 10.3 Å². The number of hydrogen-bond acceptors (Lipinski definition) is 4. The normalized spacial score (nSPS) is 18.3. The molecule has 0 spiro atoms. The van der Waals surface area contributed by atoms with Crippen LogP contribution in [-0.4, -0.2) is 23.1 Å². The fraction of sp³-hybridized carbons (Fsp3) is 0.714. The minimum absolute atomic E-state index is 0.119. The highest BCUT2D eigenvalue weighted by Gasteiger charge is 2.29. The summed E-state index contributed by atoms with van der Waals surface area (Å²) in [4.78, 5) is 12.2. The monoisotopic (exact) mass is 265 g/mol. The molecule has 19 heavy (non-hydrogen) atoms. The summed E-state index contributed by atoms with van der Waals surface area (Å²) >= 11 is 0. The van der Waals surface area contributed by atoms with Crippen molar-refractivity contribution in [1.29, 1.82) is 0 Å². The first kappa shape index (κ1) is 14.1. The van der Waals surface area contributed by atoms with Crippen molar-refractivity contribution in [2.45, 2.75) is 57.9 Å². The Kier molecular flexibility index (Phi) is 4.24. The fourth-order valence-corrected chi connectivity index (χ4v) is 2.73. The number of nitrogens with zero attached hydrogens (tertiary/aromatic N) is 1. The first-order valence-corrected chi connectivity index (χ1v) is 7.08. The number of aromatic nitrogens is 1. The molecular weight excluding hydrogens is 242 g/mol. The van der Waals surface area contributed by atoms with Gasteiger partial charge in [-0.1, -0.05) is 31.3 Å². The fourth-order valence-electron chi connectivity index (χ4n) is 2.73.